The lowest BCUT2D eigenvalue weighted by Gasteiger charge is -2.38. The highest BCUT2D eigenvalue weighted by Crippen LogP contribution is 2.40. The summed E-state index contributed by atoms with van der Waals surface area (Å²) in [5.74, 6) is 3.12. The normalized spacial score (nSPS) is 20.2. The molecule has 6 rings (SSSR count). The van der Waals surface area contributed by atoms with Gasteiger partial charge in [0.15, 0.2) is 5.11 Å². The van der Waals surface area contributed by atoms with E-state index in [4.69, 9.17) is 33.8 Å². The zero-order valence-electron chi connectivity index (χ0n) is 23.3. The van der Waals surface area contributed by atoms with E-state index in [-0.39, 0.29) is 5.41 Å². The smallest absolute Gasteiger partial charge is 0.232 e. The van der Waals surface area contributed by atoms with Gasteiger partial charge >= 0.3 is 0 Å². The van der Waals surface area contributed by atoms with E-state index in [0.717, 1.165) is 62.2 Å². The molecule has 1 aromatic heterocycles. The van der Waals surface area contributed by atoms with Gasteiger partial charge in [0, 0.05) is 49.2 Å². The second-order valence-corrected chi connectivity index (χ2v) is 12.7. The number of nitrogens with one attached hydrogen (secondary N) is 2. The molecular weight excluding hydrogens is 536 g/mol. The number of thiocarbonyl (C=S) groups is 1. The minimum Gasteiger partial charge on any atom is -0.361 e. The van der Waals surface area contributed by atoms with E-state index < -0.39 is 0 Å². The highest BCUT2D eigenvalue weighted by Gasteiger charge is 2.34. The first-order valence-electron chi connectivity index (χ1n) is 14.7. The summed E-state index contributed by atoms with van der Waals surface area (Å²) in [6.07, 6.45) is 8.42. The molecule has 2 aliphatic heterocycles. The largest absolute Gasteiger partial charge is 0.361 e. The molecule has 3 aliphatic rings. The van der Waals surface area contributed by atoms with E-state index in [2.05, 4.69) is 75.9 Å². The third-order valence-corrected chi connectivity index (χ3v) is 9.39. The molecule has 40 heavy (non-hydrogen) atoms. The van der Waals surface area contributed by atoms with Crippen LogP contribution in [0.2, 0.25) is 5.02 Å². The number of piperidine rings is 1. The summed E-state index contributed by atoms with van der Waals surface area (Å²) < 4.78 is 0. The molecule has 1 saturated heterocycles. The molecule has 1 atom stereocenters. The summed E-state index contributed by atoms with van der Waals surface area (Å²) in [6, 6.07) is 19.1. The fourth-order valence-electron chi connectivity index (χ4n) is 6.70. The van der Waals surface area contributed by atoms with E-state index in [1.807, 2.05) is 6.07 Å². The molecule has 8 heteroatoms. The van der Waals surface area contributed by atoms with Gasteiger partial charge in [0.05, 0.1) is 0 Å². The standard InChI is InChI=1S/C32H39ClN6S/c1-23-9-8-16-38(19-23)28-18-29(39-20-24-10-3-4-11-25(24)21-39)36-30(35-28)37-31(40)34-22-32(14-5-2-6-15-32)26-12-7-13-27(33)17-26/h3-4,7,10-13,17-18,23H,2,5-6,8-9,14-16,19-22H2,1H3,(H2,34,35,36,37,40). The molecular formula is C32H39ClN6S. The van der Waals surface area contributed by atoms with Crippen molar-refractivity contribution in [3.8, 4) is 0 Å². The van der Waals surface area contributed by atoms with Crippen molar-refractivity contribution < 1.29 is 0 Å². The number of fused-ring (bicyclic) bond motifs is 1. The van der Waals surface area contributed by atoms with Gasteiger partial charge in [0.25, 0.3) is 0 Å². The Bertz CT molecular complexity index is 1330. The Kier molecular flexibility index (Phi) is 8.12. The maximum atomic E-state index is 6.40. The lowest BCUT2D eigenvalue weighted by atomic mass is 9.69. The van der Waals surface area contributed by atoms with Crippen LogP contribution in [0.25, 0.3) is 0 Å². The Labute approximate surface area is 248 Å². The van der Waals surface area contributed by atoms with Crippen LogP contribution in [0.4, 0.5) is 17.6 Å². The van der Waals surface area contributed by atoms with E-state index in [9.17, 15) is 0 Å². The highest BCUT2D eigenvalue weighted by molar-refractivity contribution is 7.80. The van der Waals surface area contributed by atoms with Gasteiger partial charge in [-0.15, -0.1) is 0 Å². The molecule has 1 aliphatic carbocycles. The van der Waals surface area contributed by atoms with Crippen molar-refractivity contribution >= 4 is 46.5 Å². The van der Waals surface area contributed by atoms with Crippen molar-refractivity contribution in [2.75, 3.05) is 34.8 Å². The van der Waals surface area contributed by atoms with Crippen molar-refractivity contribution in [3.05, 3.63) is 76.3 Å². The Morgan fingerprint density at radius 2 is 1.68 bits per heavy atom. The molecule has 0 spiro atoms. The molecule has 0 radical (unpaired) electrons. The first-order chi connectivity index (χ1) is 19.5. The van der Waals surface area contributed by atoms with Gasteiger partial charge in [0.1, 0.15) is 11.6 Å². The second-order valence-electron chi connectivity index (χ2n) is 11.9. The highest BCUT2D eigenvalue weighted by atomic mass is 35.5. The SMILES string of the molecule is CC1CCCN(c2cc(N3Cc4ccccc4C3)nc(NC(=S)NCC3(c4cccc(Cl)c4)CCCCC3)n2)C1. The number of hydrogen-bond acceptors (Lipinski definition) is 5. The van der Waals surface area contributed by atoms with Crippen molar-refractivity contribution in [3.63, 3.8) is 0 Å². The number of nitrogens with zero attached hydrogens (tertiary/aromatic N) is 4. The average molecular weight is 575 g/mol. The number of rotatable bonds is 6. The lowest BCUT2D eigenvalue weighted by Crippen LogP contribution is -2.43. The van der Waals surface area contributed by atoms with Crippen LogP contribution in [-0.2, 0) is 18.5 Å². The zero-order valence-corrected chi connectivity index (χ0v) is 24.9. The summed E-state index contributed by atoms with van der Waals surface area (Å²) in [7, 11) is 0. The predicted octanol–water partition coefficient (Wildman–Crippen LogP) is 7.08. The van der Waals surface area contributed by atoms with E-state index in [1.165, 1.54) is 48.8 Å². The van der Waals surface area contributed by atoms with Crippen molar-refractivity contribution in [2.45, 2.75) is 70.4 Å². The molecule has 1 saturated carbocycles. The van der Waals surface area contributed by atoms with Gasteiger partial charge in [-0.1, -0.05) is 74.2 Å². The third kappa shape index (κ3) is 6.06. The minimum absolute atomic E-state index is 0.0218. The van der Waals surface area contributed by atoms with Crippen LogP contribution in [-0.4, -0.2) is 34.7 Å². The van der Waals surface area contributed by atoms with Crippen LogP contribution >= 0.6 is 23.8 Å². The summed E-state index contributed by atoms with van der Waals surface area (Å²) >= 11 is 12.2. The molecule has 0 bridgehead atoms. The quantitative estimate of drug-likeness (QED) is 0.305. The summed E-state index contributed by atoms with van der Waals surface area (Å²) in [5, 5.41) is 8.25. The van der Waals surface area contributed by atoms with Crippen molar-refractivity contribution in [2.24, 2.45) is 5.92 Å². The number of hydrogen-bond donors (Lipinski definition) is 2. The molecule has 2 N–H and O–H groups in total. The monoisotopic (exact) mass is 574 g/mol. The average Bonchev–Trinajstić information content (AvgIpc) is 3.41. The van der Waals surface area contributed by atoms with Crippen molar-refractivity contribution in [1.82, 2.24) is 15.3 Å². The molecule has 3 aromatic rings. The first-order valence-corrected chi connectivity index (χ1v) is 15.5. The summed E-state index contributed by atoms with van der Waals surface area (Å²) in [6.45, 7) is 6.83. The number of benzene rings is 2. The minimum atomic E-state index is 0.0218. The molecule has 2 fully saturated rings. The topological polar surface area (TPSA) is 56.3 Å². The fourth-order valence-corrected chi connectivity index (χ4v) is 7.06. The Morgan fingerprint density at radius 3 is 2.38 bits per heavy atom. The molecule has 3 heterocycles. The van der Waals surface area contributed by atoms with E-state index >= 15 is 0 Å². The van der Waals surface area contributed by atoms with Crippen LogP contribution in [0.1, 0.15) is 68.6 Å². The maximum Gasteiger partial charge on any atom is 0.232 e. The number of aromatic nitrogens is 2. The van der Waals surface area contributed by atoms with Gasteiger partial charge < -0.3 is 20.4 Å². The van der Waals surface area contributed by atoms with E-state index in [1.54, 1.807) is 0 Å². The van der Waals surface area contributed by atoms with Gasteiger partial charge in [0.2, 0.25) is 5.95 Å². The Hall–Kier alpha value is -2.90. The van der Waals surface area contributed by atoms with Gasteiger partial charge in [-0.2, -0.15) is 9.97 Å². The summed E-state index contributed by atoms with van der Waals surface area (Å²) in [5.41, 5.74) is 4.04. The first kappa shape index (κ1) is 27.3. The van der Waals surface area contributed by atoms with Crippen LogP contribution in [0.5, 0.6) is 0 Å². The van der Waals surface area contributed by atoms with Crippen LogP contribution in [0.3, 0.4) is 0 Å². The zero-order chi connectivity index (χ0) is 27.5. The Morgan fingerprint density at radius 1 is 0.950 bits per heavy atom. The summed E-state index contributed by atoms with van der Waals surface area (Å²) in [4.78, 5) is 14.7. The predicted molar refractivity (Wildman–Crippen MR) is 169 cm³/mol. The second kappa shape index (κ2) is 11.9. The van der Waals surface area contributed by atoms with Crippen LogP contribution in [0.15, 0.2) is 54.6 Å². The lowest BCUT2D eigenvalue weighted by molar-refractivity contribution is 0.292. The third-order valence-electron chi connectivity index (χ3n) is 8.91. The molecule has 6 nitrogen and oxygen atoms in total. The van der Waals surface area contributed by atoms with E-state index in [0.29, 0.717) is 17.0 Å². The molecule has 210 valence electrons. The molecule has 1 unspecified atom stereocenters. The van der Waals surface area contributed by atoms with Gasteiger partial charge in [-0.05, 0) is 72.6 Å². The molecule has 2 aromatic carbocycles. The Balaban J connectivity index is 1.21. The maximum absolute atomic E-state index is 6.40. The fraction of sp³-hybridized carbons (Fsp3) is 0.469. The van der Waals surface area contributed by atoms with Crippen molar-refractivity contribution in [1.29, 1.82) is 0 Å². The van der Waals surface area contributed by atoms with Crippen LogP contribution < -0.4 is 20.4 Å². The van der Waals surface area contributed by atoms with Gasteiger partial charge in [-0.25, -0.2) is 0 Å². The van der Waals surface area contributed by atoms with Crippen LogP contribution in [0, 0.1) is 5.92 Å². The number of anilines is 3. The number of halogens is 1. The molecule has 0 amide bonds. The van der Waals surface area contributed by atoms with Gasteiger partial charge in [-0.3, -0.25) is 0 Å².